The predicted octanol–water partition coefficient (Wildman–Crippen LogP) is 2.74. The van der Waals surface area contributed by atoms with E-state index in [-0.39, 0.29) is 16.4 Å². The summed E-state index contributed by atoms with van der Waals surface area (Å²) in [5.74, 6) is -0.0570. The van der Waals surface area contributed by atoms with Gasteiger partial charge in [0.25, 0.3) is 5.91 Å². The Morgan fingerprint density at radius 2 is 1.78 bits per heavy atom. The molecule has 0 atom stereocenters. The Kier molecular flexibility index (Phi) is 6.62. The van der Waals surface area contributed by atoms with E-state index in [0.29, 0.717) is 18.7 Å². The second-order valence-corrected chi connectivity index (χ2v) is 8.56. The first-order chi connectivity index (χ1) is 12.7. The molecule has 2 aromatic carbocycles. The minimum atomic E-state index is -3.82. The number of carbonyl (C=O) groups excluding carboxylic acids is 1. The molecule has 2 N–H and O–H groups in total. The van der Waals surface area contributed by atoms with E-state index in [4.69, 9.17) is 4.74 Å². The van der Waals surface area contributed by atoms with Gasteiger partial charge in [-0.3, -0.25) is 4.79 Å². The molecule has 0 aromatic heterocycles. The predicted molar refractivity (Wildman–Crippen MR) is 106 cm³/mol. The number of hydrogen-bond donors (Lipinski definition) is 2. The highest BCUT2D eigenvalue weighted by atomic mass is 32.2. The number of hydrogen-bond acceptors (Lipinski definition) is 4. The number of ether oxygens (including phenoxy) is 1. The number of sulfonamides is 1. The summed E-state index contributed by atoms with van der Waals surface area (Å²) in [5.41, 5.74) is 0.511. The lowest BCUT2D eigenvalue weighted by Gasteiger charge is -2.26. The first kappa shape index (κ1) is 20.9. The van der Waals surface area contributed by atoms with Crippen LogP contribution in [-0.2, 0) is 16.4 Å². The van der Waals surface area contributed by atoms with Crippen molar-refractivity contribution in [1.29, 1.82) is 0 Å². The van der Waals surface area contributed by atoms with Gasteiger partial charge >= 0.3 is 0 Å². The van der Waals surface area contributed by atoms with Crippen LogP contribution in [0.15, 0.2) is 53.4 Å². The Balaban J connectivity index is 2.30. The molecule has 0 fully saturated rings. The Bertz CT molecular complexity index is 893. The number of benzene rings is 2. The minimum Gasteiger partial charge on any atom is -0.496 e. The van der Waals surface area contributed by atoms with Gasteiger partial charge in [0.2, 0.25) is 10.0 Å². The van der Waals surface area contributed by atoms with Gasteiger partial charge in [-0.2, -0.15) is 0 Å². The molecule has 0 heterocycles. The average molecular weight is 391 g/mol. The minimum absolute atomic E-state index is 0.0192. The maximum atomic E-state index is 12.9. The Hall–Kier alpha value is -2.38. The van der Waals surface area contributed by atoms with Gasteiger partial charge in [-0.05, 0) is 51.0 Å². The van der Waals surface area contributed by atoms with Gasteiger partial charge in [0.1, 0.15) is 5.75 Å². The zero-order valence-electron chi connectivity index (χ0n) is 16.1. The summed E-state index contributed by atoms with van der Waals surface area (Å²) in [6.45, 7) is 5.87. The highest BCUT2D eigenvalue weighted by Gasteiger charge is 2.27. The Labute approximate surface area is 161 Å². The lowest BCUT2D eigenvalue weighted by molar-refractivity contribution is 0.0952. The van der Waals surface area contributed by atoms with E-state index < -0.39 is 15.6 Å². The van der Waals surface area contributed by atoms with Crippen LogP contribution in [0.3, 0.4) is 0 Å². The van der Waals surface area contributed by atoms with Crippen molar-refractivity contribution in [3.05, 3.63) is 59.7 Å². The highest BCUT2D eigenvalue weighted by molar-refractivity contribution is 7.89. The standard InChI is InChI=1S/C20H26N2O4S/c1-5-21-19(23)17-13-16(11-12-18(17)26-4)27(24,25)22-20(2,3)14-15-9-7-6-8-10-15/h6-13,22H,5,14H2,1-4H3,(H,21,23). The van der Waals surface area contributed by atoms with Crippen molar-refractivity contribution in [2.45, 2.75) is 37.6 Å². The quantitative estimate of drug-likeness (QED) is 0.726. The van der Waals surface area contributed by atoms with Crippen molar-refractivity contribution < 1.29 is 17.9 Å². The third kappa shape index (κ3) is 5.55. The fraction of sp³-hybridized carbons (Fsp3) is 0.350. The van der Waals surface area contributed by atoms with Crippen LogP contribution >= 0.6 is 0 Å². The van der Waals surface area contributed by atoms with Gasteiger partial charge < -0.3 is 10.1 Å². The third-order valence-electron chi connectivity index (χ3n) is 3.96. The summed E-state index contributed by atoms with van der Waals surface area (Å²) in [7, 11) is -2.38. The first-order valence-corrected chi connectivity index (χ1v) is 10.2. The van der Waals surface area contributed by atoms with Crippen LogP contribution in [-0.4, -0.2) is 33.5 Å². The summed E-state index contributed by atoms with van der Waals surface area (Å²) in [6.07, 6.45) is 0.534. The van der Waals surface area contributed by atoms with Crippen LogP contribution in [0, 0.1) is 0 Å². The maximum absolute atomic E-state index is 12.9. The Morgan fingerprint density at radius 3 is 2.37 bits per heavy atom. The molecular formula is C20H26N2O4S. The molecule has 7 heteroatoms. The van der Waals surface area contributed by atoms with Crippen molar-refractivity contribution in [3.8, 4) is 5.75 Å². The lowest BCUT2D eigenvalue weighted by Crippen LogP contribution is -2.45. The summed E-state index contributed by atoms with van der Waals surface area (Å²) in [6, 6.07) is 13.9. The van der Waals surface area contributed by atoms with Crippen LogP contribution in [0.5, 0.6) is 5.75 Å². The van der Waals surface area contributed by atoms with Gasteiger partial charge in [-0.25, -0.2) is 13.1 Å². The smallest absolute Gasteiger partial charge is 0.255 e. The van der Waals surface area contributed by atoms with Gasteiger partial charge in [0.05, 0.1) is 17.6 Å². The zero-order chi connectivity index (χ0) is 20.1. The SMILES string of the molecule is CCNC(=O)c1cc(S(=O)(=O)NC(C)(C)Cc2ccccc2)ccc1OC. The molecule has 0 saturated carbocycles. The Morgan fingerprint density at radius 1 is 1.11 bits per heavy atom. The van der Waals surface area contributed by atoms with E-state index in [9.17, 15) is 13.2 Å². The number of nitrogens with one attached hydrogen (secondary N) is 2. The third-order valence-corrected chi connectivity index (χ3v) is 5.66. The molecule has 0 aliphatic heterocycles. The molecular weight excluding hydrogens is 364 g/mol. The largest absolute Gasteiger partial charge is 0.496 e. The summed E-state index contributed by atoms with van der Waals surface area (Å²) >= 11 is 0. The molecule has 0 bridgehead atoms. The fourth-order valence-corrected chi connectivity index (χ4v) is 4.29. The highest BCUT2D eigenvalue weighted by Crippen LogP contribution is 2.24. The van der Waals surface area contributed by atoms with Gasteiger partial charge in [-0.1, -0.05) is 30.3 Å². The zero-order valence-corrected chi connectivity index (χ0v) is 16.9. The molecule has 146 valence electrons. The van der Waals surface area contributed by atoms with Crippen LogP contribution in [0.25, 0.3) is 0 Å². The fourth-order valence-electron chi connectivity index (χ4n) is 2.85. The van der Waals surface area contributed by atoms with E-state index >= 15 is 0 Å². The molecule has 0 radical (unpaired) electrons. The molecule has 27 heavy (non-hydrogen) atoms. The lowest BCUT2D eigenvalue weighted by atomic mass is 9.96. The van der Waals surface area contributed by atoms with Gasteiger partial charge in [0, 0.05) is 12.1 Å². The number of carbonyl (C=O) groups is 1. The maximum Gasteiger partial charge on any atom is 0.255 e. The molecule has 2 rings (SSSR count). The first-order valence-electron chi connectivity index (χ1n) is 8.72. The van der Waals surface area contributed by atoms with Crippen molar-refractivity contribution in [2.75, 3.05) is 13.7 Å². The second kappa shape index (κ2) is 8.54. The van der Waals surface area contributed by atoms with Crippen LogP contribution in [0.2, 0.25) is 0 Å². The normalized spacial score (nSPS) is 11.9. The number of methoxy groups -OCH3 is 1. The molecule has 0 spiro atoms. The summed E-state index contributed by atoms with van der Waals surface area (Å²) in [5, 5.41) is 2.66. The van der Waals surface area contributed by atoms with Crippen molar-refractivity contribution >= 4 is 15.9 Å². The molecule has 0 saturated heterocycles. The van der Waals surface area contributed by atoms with Crippen molar-refractivity contribution in [2.24, 2.45) is 0 Å². The van der Waals surface area contributed by atoms with E-state index in [1.54, 1.807) is 6.92 Å². The van der Waals surface area contributed by atoms with Crippen LogP contribution in [0.1, 0.15) is 36.7 Å². The molecule has 6 nitrogen and oxygen atoms in total. The topological polar surface area (TPSA) is 84.5 Å². The second-order valence-electron chi connectivity index (χ2n) is 6.87. The van der Waals surface area contributed by atoms with E-state index in [1.807, 2.05) is 44.2 Å². The summed E-state index contributed by atoms with van der Waals surface area (Å²) < 4.78 is 33.7. The summed E-state index contributed by atoms with van der Waals surface area (Å²) in [4.78, 5) is 12.2. The van der Waals surface area contributed by atoms with E-state index in [2.05, 4.69) is 10.0 Å². The number of amides is 1. The number of rotatable bonds is 8. The molecule has 2 aromatic rings. The van der Waals surface area contributed by atoms with E-state index in [1.165, 1.54) is 25.3 Å². The van der Waals surface area contributed by atoms with Crippen molar-refractivity contribution in [3.63, 3.8) is 0 Å². The molecule has 1 amide bonds. The van der Waals surface area contributed by atoms with Crippen LogP contribution in [0.4, 0.5) is 0 Å². The molecule has 0 aliphatic carbocycles. The van der Waals surface area contributed by atoms with Crippen LogP contribution < -0.4 is 14.8 Å². The van der Waals surface area contributed by atoms with Gasteiger partial charge in [0.15, 0.2) is 0 Å². The molecule has 0 unspecified atom stereocenters. The average Bonchev–Trinajstić information content (AvgIpc) is 2.60. The van der Waals surface area contributed by atoms with Crippen molar-refractivity contribution in [1.82, 2.24) is 10.0 Å². The molecule has 0 aliphatic rings. The monoisotopic (exact) mass is 390 g/mol. The van der Waals surface area contributed by atoms with E-state index in [0.717, 1.165) is 5.56 Å². The van der Waals surface area contributed by atoms with Gasteiger partial charge in [-0.15, -0.1) is 0 Å².